The first-order chi connectivity index (χ1) is 57.7. The van der Waals surface area contributed by atoms with Crippen LogP contribution < -0.4 is 0 Å². The van der Waals surface area contributed by atoms with Crippen LogP contribution >= 0.6 is 0 Å². The SMILES string of the molecule is CC1(C)c2ccccc2-c2ccc(-n3c4ccc(-c5ccc(-c6nc(-c7ccccc7)nc(-c7cccc8oc9ccc(-c%10ccc%11c(c%10)c%10ccccc%10n%11-c%10ccc%11ccc%12ccccc%12c%11c%10)cc9c78)n6)cc5)cc4c4cc(-c5ccc6oc7cccc(-c8nc(-c9ccccc9)nc(-c9ccccc9)n8)c7c6c5)ccc43)cc21. The summed E-state index contributed by atoms with van der Waals surface area (Å²) in [6.45, 7) is 4.70. The van der Waals surface area contributed by atoms with Gasteiger partial charge in [-0.1, -0.05) is 275 Å². The van der Waals surface area contributed by atoms with Gasteiger partial charge < -0.3 is 18.0 Å². The summed E-state index contributed by atoms with van der Waals surface area (Å²) in [5, 5.41) is 13.4. The Balaban J connectivity index is 0.610. The highest BCUT2D eigenvalue weighted by molar-refractivity contribution is 6.17. The predicted molar refractivity (Wildman–Crippen MR) is 478 cm³/mol. The van der Waals surface area contributed by atoms with Crippen LogP contribution in [0.5, 0.6) is 0 Å². The van der Waals surface area contributed by atoms with E-state index in [1.54, 1.807) is 0 Å². The van der Waals surface area contributed by atoms with E-state index in [1.807, 2.05) is 103 Å². The van der Waals surface area contributed by atoms with Crippen molar-refractivity contribution in [1.29, 1.82) is 0 Å². The summed E-state index contributed by atoms with van der Waals surface area (Å²) in [6, 6.07) is 130. The first-order valence-corrected chi connectivity index (χ1v) is 39.7. The second-order valence-electron chi connectivity index (χ2n) is 31.2. The van der Waals surface area contributed by atoms with Crippen molar-refractivity contribution in [2.24, 2.45) is 0 Å². The van der Waals surface area contributed by atoms with Crippen LogP contribution in [0.2, 0.25) is 0 Å². The van der Waals surface area contributed by atoms with Crippen LogP contribution in [0.1, 0.15) is 25.0 Å². The molecule has 1 aliphatic carbocycles. The predicted octanol–water partition coefficient (Wildman–Crippen LogP) is 27.7. The van der Waals surface area contributed by atoms with Crippen LogP contribution in [0.4, 0.5) is 0 Å². The lowest BCUT2D eigenvalue weighted by Gasteiger charge is -2.22. The molecule has 0 atom stereocenters. The van der Waals surface area contributed by atoms with Gasteiger partial charge in [-0.05, 0) is 180 Å². The quantitative estimate of drug-likeness (QED) is 0.118. The molecule has 0 radical (unpaired) electrons. The van der Waals surface area contributed by atoms with Crippen molar-refractivity contribution in [2.45, 2.75) is 19.3 Å². The summed E-state index contributed by atoms with van der Waals surface area (Å²) >= 11 is 0. The Bertz CT molecular complexity index is 8040. The lowest BCUT2D eigenvalue weighted by atomic mass is 9.82. The Morgan fingerprint density at radius 3 is 1.13 bits per heavy atom. The third-order valence-corrected chi connectivity index (χ3v) is 24.2. The fourth-order valence-electron chi connectivity index (χ4n) is 18.5. The highest BCUT2D eigenvalue weighted by Gasteiger charge is 2.36. The van der Waals surface area contributed by atoms with Gasteiger partial charge in [-0.25, -0.2) is 29.9 Å². The number of hydrogen-bond acceptors (Lipinski definition) is 8. The summed E-state index contributed by atoms with van der Waals surface area (Å²) in [6.07, 6.45) is 0. The third-order valence-electron chi connectivity index (χ3n) is 24.2. The maximum Gasteiger partial charge on any atom is 0.164 e. The molecule has 6 aromatic heterocycles. The summed E-state index contributed by atoms with van der Waals surface area (Å²) in [5.74, 6) is 3.45. The molecule has 546 valence electrons. The van der Waals surface area contributed by atoms with E-state index in [9.17, 15) is 0 Å². The highest BCUT2D eigenvalue weighted by atomic mass is 16.3. The fraction of sp³-hybridized carbons (Fsp3) is 0.0280. The van der Waals surface area contributed by atoms with Crippen molar-refractivity contribution in [3.63, 3.8) is 0 Å². The number of aromatic nitrogens is 8. The molecule has 24 rings (SSSR count). The van der Waals surface area contributed by atoms with E-state index in [4.69, 9.17) is 38.7 Å². The molecular weight excluding hydrogens is 1430 g/mol. The number of furan rings is 2. The van der Waals surface area contributed by atoms with Gasteiger partial charge in [0.2, 0.25) is 0 Å². The summed E-state index contributed by atoms with van der Waals surface area (Å²) in [7, 11) is 0. The van der Waals surface area contributed by atoms with Crippen LogP contribution in [0.3, 0.4) is 0 Å². The van der Waals surface area contributed by atoms with Gasteiger partial charge in [-0.2, -0.15) is 0 Å². The van der Waals surface area contributed by atoms with Gasteiger partial charge in [0.05, 0.1) is 22.1 Å². The third kappa shape index (κ3) is 10.6. The number of benzene rings is 17. The zero-order valence-electron chi connectivity index (χ0n) is 63.5. The Kier molecular flexibility index (Phi) is 14.6. The molecular formula is C107H66N8O2. The van der Waals surface area contributed by atoms with Crippen molar-refractivity contribution < 1.29 is 8.83 Å². The first-order valence-electron chi connectivity index (χ1n) is 39.7. The summed E-state index contributed by atoms with van der Waals surface area (Å²) in [5.41, 5.74) is 26.6. The fourth-order valence-corrected chi connectivity index (χ4v) is 18.5. The second kappa shape index (κ2) is 25.8. The lowest BCUT2D eigenvalue weighted by Crippen LogP contribution is -2.15. The molecule has 0 bridgehead atoms. The number of fused-ring (bicyclic) bond motifs is 18. The Hall–Kier alpha value is -15.5. The van der Waals surface area contributed by atoms with Crippen LogP contribution in [0.25, 0.3) is 233 Å². The molecule has 23 aromatic rings. The largest absolute Gasteiger partial charge is 0.456 e. The zero-order chi connectivity index (χ0) is 77.1. The normalized spacial score (nSPS) is 12.6. The average molecular weight is 1500 g/mol. The molecule has 0 spiro atoms. The molecule has 6 heterocycles. The molecule has 0 aliphatic heterocycles. The Morgan fingerprint density at radius 2 is 0.581 bits per heavy atom. The van der Waals surface area contributed by atoms with Crippen molar-refractivity contribution in [3.8, 4) is 124 Å². The van der Waals surface area contributed by atoms with Gasteiger partial charge in [-0.3, -0.25) is 0 Å². The monoisotopic (exact) mass is 1490 g/mol. The number of nitrogens with zero attached hydrogens (tertiary/aromatic N) is 8. The van der Waals surface area contributed by atoms with Gasteiger partial charge in [0.15, 0.2) is 34.9 Å². The maximum atomic E-state index is 6.74. The van der Waals surface area contributed by atoms with Gasteiger partial charge in [0, 0.05) is 93.3 Å². The number of rotatable bonds is 11. The maximum absolute atomic E-state index is 6.74. The molecule has 17 aromatic carbocycles. The second-order valence-corrected chi connectivity index (χ2v) is 31.2. The minimum Gasteiger partial charge on any atom is -0.456 e. The smallest absolute Gasteiger partial charge is 0.164 e. The summed E-state index contributed by atoms with van der Waals surface area (Å²) < 4.78 is 18.3. The molecule has 10 nitrogen and oxygen atoms in total. The van der Waals surface area contributed by atoms with Gasteiger partial charge in [0.25, 0.3) is 0 Å². The van der Waals surface area contributed by atoms with Crippen molar-refractivity contribution in [2.75, 3.05) is 0 Å². The van der Waals surface area contributed by atoms with Crippen LogP contribution in [-0.2, 0) is 5.41 Å². The molecule has 0 unspecified atom stereocenters. The van der Waals surface area contributed by atoms with Crippen molar-refractivity contribution in [1.82, 2.24) is 39.0 Å². The minimum absolute atomic E-state index is 0.193. The lowest BCUT2D eigenvalue weighted by molar-refractivity contribution is 0.660. The van der Waals surface area contributed by atoms with E-state index in [0.717, 1.165) is 155 Å². The molecule has 0 fully saturated rings. The van der Waals surface area contributed by atoms with Gasteiger partial charge in [-0.15, -0.1) is 0 Å². The highest BCUT2D eigenvalue weighted by Crippen LogP contribution is 2.51. The average Bonchev–Trinajstić information content (AvgIpc) is 1.55. The molecule has 0 amide bonds. The summed E-state index contributed by atoms with van der Waals surface area (Å²) in [4.78, 5) is 31.4. The topological polar surface area (TPSA) is 113 Å². The van der Waals surface area contributed by atoms with E-state index in [-0.39, 0.29) is 5.41 Å². The van der Waals surface area contributed by atoms with E-state index in [2.05, 4.69) is 284 Å². The molecule has 0 N–H and O–H groups in total. The van der Waals surface area contributed by atoms with E-state index >= 15 is 0 Å². The van der Waals surface area contributed by atoms with E-state index in [0.29, 0.717) is 34.9 Å². The van der Waals surface area contributed by atoms with E-state index < -0.39 is 0 Å². The van der Waals surface area contributed by atoms with Crippen LogP contribution in [0, 0.1) is 0 Å². The van der Waals surface area contributed by atoms with Crippen LogP contribution in [-0.4, -0.2) is 39.0 Å². The van der Waals surface area contributed by atoms with Crippen molar-refractivity contribution in [3.05, 3.63) is 375 Å². The molecule has 1 aliphatic rings. The van der Waals surface area contributed by atoms with Crippen molar-refractivity contribution >= 4 is 109 Å². The number of para-hydroxylation sites is 1. The first kappa shape index (κ1) is 66.1. The van der Waals surface area contributed by atoms with Gasteiger partial charge >= 0.3 is 0 Å². The van der Waals surface area contributed by atoms with Gasteiger partial charge in [0.1, 0.15) is 22.3 Å². The van der Waals surface area contributed by atoms with Crippen LogP contribution in [0.15, 0.2) is 373 Å². The van der Waals surface area contributed by atoms with E-state index in [1.165, 1.54) is 54.6 Å². The molecule has 117 heavy (non-hydrogen) atoms. The number of hydrogen-bond donors (Lipinski definition) is 0. The Labute approximate surface area is 671 Å². The Morgan fingerprint density at radius 1 is 0.214 bits per heavy atom. The zero-order valence-corrected chi connectivity index (χ0v) is 63.5. The molecule has 0 saturated carbocycles. The standard InChI is InChI=1S/C107H66N8O2/c1-107(2)89-32-16-14-28-78(89)79-50-49-76(62-90(79)107)115-93-51-43-70(56-85(93)86-58-72(45-53-94(86)115)74-47-55-96-88(60-74)99-81(30-18-34-97(99)117-96)105-110-101(66-21-6-3-7-22-66)108-102(111-105)67-23-8-4-9-24-67)63-36-40-69(41-37-63)104-109-103(68-25-10-5-11-26-68)112-106(113-104)82-31-19-35-98-100(82)87-59-73(46-54-95(87)116-98)71-44-52-92-84(57-71)80-29-15-17-33-91(80)114(92)75-48-42-65-39-38-64-20-12-13-27-77(64)83(65)61-75/h3-62H,1-2H3. The minimum atomic E-state index is -0.193. The molecule has 10 heteroatoms. The molecule has 0 saturated heterocycles.